The second-order valence-electron chi connectivity index (χ2n) is 8.06. The Balaban J connectivity index is 1.31. The molecule has 1 aromatic heterocycles. The van der Waals surface area contributed by atoms with Gasteiger partial charge < -0.3 is 10.2 Å². The van der Waals surface area contributed by atoms with Crippen LogP contribution in [0.3, 0.4) is 0 Å². The molecule has 28 heavy (non-hydrogen) atoms. The molecule has 2 bridgehead atoms. The van der Waals surface area contributed by atoms with Gasteiger partial charge in [0, 0.05) is 24.7 Å². The van der Waals surface area contributed by atoms with E-state index >= 15 is 0 Å². The summed E-state index contributed by atoms with van der Waals surface area (Å²) in [4.78, 5) is 27.6. The van der Waals surface area contributed by atoms with Crippen LogP contribution in [0.2, 0.25) is 0 Å². The molecular formula is C22H24N4O2. The lowest BCUT2D eigenvalue weighted by atomic mass is 9.92. The standard InChI is InChI=1S/C22H24N4O2/c27-21(23-17-5-2-1-3-6-17)20-13-18-14-25(9-4-10-26(18)24-20)22(28)19-12-15-7-8-16(19)11-15/h1-3,5-8,13,15-16,19H,4,9-12,14H2,(H,23,27)/t15-,16+,19+/m1/s1. The van der Waals surface area contributed by atoms with Gasteiger partial charge in [0.15, 0.2) is 5.69 Å². The van der Waals surface area contributed by atoms with Crippen LogP contribution in [0.1, 0.15) is 35.4 Å². The summed E-state index contributed by atoms with van der Waals surface area (Å²) in [5, 5.41) is 7.37. The maximum Gasteiger partial charge on any atom is 0.276 e. The number of nitrogens with one attached hydrogen (secondary N) is 1. The second-order valence-corrected chi connectivity index (χ2v) is 8.06. The van der Waals surface area contributed by atoms with Crippen molar-refractivity contribution in [2.45, 2.75) is 32.4 Å². The normalized spacial score (nSPS) is 25.4. The molecule has 1 aliphatic heterocycles. The minimum absolute atomic E-state index is 0.130. The molecule has 6 heteroatoms. The minimum Gasteiger partial charge on any atom is -0.336 e. The molecule has 0 spiro atoms. The van der Waals surface area contributed by atoms with Gasteiger partial charge >= 0.3 is 0 Å². The number of rotatable bonds is 3. The van der Waals surface area contributed by atoms with Gasteiger partial charge in [-0.15, -0.1) is 0 Å². The zero-order chi connectivity index (χ0) is 19.1. The van der Waals surface area contributed by atoms with E-state index in [0.29, 0.717) is 24.1 Å². The lowest BCUT2D eigenvalue weighted by Gasteiger charge is -2.26. The number of hydrogen-bond acceptors (Lipinski definition) is 3. The Morgan fingerprint density at radius 2 is 1.93 bits per heavy atom. The zero-order valence-electron chi connectivity index (χ0n) is 15.8. The third kappa shape index (κ3) is 3.13. The van der Waals surface area contributed by atoms with Gasteiger partial charge in [-0.05, 0) is 49.3 Å². The summed E-state index contributed by atoms with van der Waals surface area (Å²) in [5.41, 5.74) is 2.08. The van der Waals surface area contributed by atoms with Crippen LogP contribution in [0.25, 0.3) is 0 Å². The highest BCUT2D eigenvalue weighted by molar-refractivity contribution is 6.02. The fourth-order valence-corrected chi connectivity index (χ4v) is 4.78. The Hall–Kier alpha value is -2.89. The molecule has 1 aromatic carbocycles. The number of amides is 2. The summed E-state index contributed by atoms with van der Waals surface area (Å²) < 4.78 is 1.88. The van der Waals surface area contributed by atoms with Gasteiger partial charge in [-0.1, -0.05) is 30.4 Å². The summed E-state index contributed by atoms with van der Waals surface area (Å²) in [6.45, 7) is 2.02. The molecule has 0 radical (unpaired) electrons. The molecule has 3 aliphatic rings. The quantitative estimate of drug-likeness (QED) is 0.837. The zero-order valence-corrected chi connectivity index (χ0v) is 15.8. The van der Waals surface area contributed by atoms with Crippen molar-refractivity contribution in [2.24, 2.45) is 17.8 Å². The smallest absolute Gasteiger partial charge is 0.276 e. The van der Waals surface area contributed by atoms with Gasteiger partial charge in [-0.2, -0.15) is 5.10 Å². The summed E-state index contributed by atoms with van der Waals surface area (Å²) in [6.07, 6.45) is 7.47. The monoisotopic (exact) mass is 376 g/mol. The van der Waals surface area contributed by atoms with E-state index in [0.717, 1.165) is 43.7 Å². The third-order valence-electron chi connectivity index (χ3n) is 6.19. The fourth-order valence-electron chi connectivity index (χ4n) is 4.78. The van der Waals surface area contributed by atoms with E-state index in [1.165, 1.54) is 0 Å². The molecule has 2 amide bonds. The largest absolute Gasteiger partial charge is 0.336 e. The van der Waals surface area contributed by atoms with Gasteiger partial charge in [-0.3, -0.25) is 14.3 Å². The van der Waals surface area contributed by atoms with Crippen molar-refractivity contribution in [3.05, 3.63) is 59.9 Å². The highest BCUT2D eigenvalue weighted by atomic mass is 16.2. The topological polar surface area (TPSA) is 67.2 Å². The Kier molecular flexibility index (Phi) is 4.26. The second kappa shape index (κ2) is 6.93. The number of carbonyl (C=O) groups excluding carboxylic acids is 2. The van der Waals surface area contributed by atoms with Gasteiger partial charge in [0.1, 0.15) is 0 Å². The van der Waals surface area contributed by atoms with Gasteiger partial charge in [-0.25, -0.2) is 0 Å². The van der Waals surface area contributed by atoms with E-state index in [1.807, 2.05) is 46.0 Å². The summed E-state index contributed by atoms with van der Waals surface area (Å²) in [6, 6.07) is 11.2. The predicted molar refractivity (Wildman–Crippen MR) is 106 cm³/mol. The third-order valence-corrected chi connectivity index (χ3v) is 6.19. The molecule has 2 aromatic rings. The van der Waals surface area contributed by atoms with Crippen molar-refractivity contribution < 1.29 is 9.59 Å². The van der Waals surface area contributed by atoms with Crippen LogP contribution in [0, 0.1) is 17.8 Å². The number of aryl methyl sites for hydroxylation is 1. The summed E-state index contributed by atoms with van der Waals surface area (Å²) >= 11 is 0. The fraction of sp³-hybridized carbons (Fsp3) is 0.409. The molecule has 0 unspecified atom stereocenters. The summed E-state index contributed by atoms with van der Waals surface area (Å²) in [5.74, 6) is 1.18. The Labute approximate surface area is 164 Å². The van der Waals surface area contributed by atoms with Gasteiger partial charge in [0.2, 0.25) is 5.91 Å². The van der Waals surface area contributed by atoms with E-state index in [-0.39, 0.29) is 17.7 Å². The lowest BCUT2D eigenvalue weighted by molar-refractivity contribution is -0.137. The number of allylic oxidation sites excluding steroid dienone is 2. The Bertz CT molecular complexity index is 933. The van der Waals surface area contributed by atoms with Crippen molar-refractivity contribution in [2.75, 3.05) is 11.9 Å². The highest BCUT2D eigenvalue weighted by Crippen LogP contribution is 2.44. The van der Waals surface area contributed by atoms with E-state index in [9.17, 15) is 9.59 Å². The first-order valence-electron chi connectivity index (χ1n) is 10.1. The number of aromatic nitrogens is 2. The van der Waals surface area contributed by atoms with Crippen molar-refractivity contribution in [1.29, 1.82) is 0 Å². The van der Waals surface area contributed by atoms with E-state index in [1.54, 1.807) is 0 Å². The Morgan fingerprint density at radius 1 is 1.07 bits per heavy atom. The van der Waals surface area contributed by atoms with E-state index in [4.69, 9.17) is 0 Å². The number of benzene rings is 1. The first kappa shape index (κ1) is 17.2. The molecule has 0 saturated heterocycles. The number of anilines is 1. The van der Waals surface area contributed by atoms with E-state index in [2.05, 4.69) is 22.6 Å². The number of para-hydroxylation sites is 1. The number of fused-ring (bicyclic) bond motifs is 3. The maximum absolute atomic E-state index is 13.1. The SMILES string of the molecule is O=C(Nc1ccccc1)c1cc2n(n1)CCCN(C(=O)[C@H]1C[C@@H]3C=C[C@H]1C3)C2. The molecule has 1 fully saturated rings. The molecule has 144 valence electrons. The lowest BCUT2D eigenvalue weighted by Crippen LogP contribution is -2.37. The first-order valence-corrected chi connectivity index (χ1v) is 10.1. The molecule has 5 rings (SSSR count). The average Bonchev–Trinajstić information content (AvgIpc) is 3.41. The predicted octanol–water partition coefficient (Wildman–Crippen LogP) is 3.08. The molecule has 1 N–H and O–H groups in total. The Morgan fingerprint density at radius 3 is 2.68 bits per heavy atom. The molecule has 3 atom stereocenters. The molecular weight excluding hydrogens is 352 g/mol. The molecule has 1 saturated carbocycles. The van der Waals surface area contributed by atoms with Crippen LogP contribution < -0.4 is 5.32 Å². The first-order chi connectivity index (χ1) is 13.7. The van der Waals surface area contributed by atoms with Gasteiger partial charge in [0.25, 0.3) is 5.91 Å². The summed E-state index contributed by atoms with van der Waals surface area (Å²) in [7, 11) is 0. The number of nitrogens with zero attached hydrogens (tertiary/aromatic N) is 3. The molecule has 2 aliphatic carbocycles. The van der Waals surface area contributed by atoms with Crippen LogP contribution >= 0.6 is 0 Å². The van der Waals surface area contributed by atoms with Crippen LogP contribution in [0.4, 0.5) is 5.69 Å². The van der Waals surface area contributed by atoms with Crippen molar-refractivity contribution in [3.8, 4) is 0 Å². The molecule has 6 nitrogen and oxygen atoms in total. The van der Waals surface area contributed by atoms with Crippen molar-refractivity contribution >= 4 is 17.5 Å². The van der Waals surface area contributed by atoms with E-state index < -0.39 is 0 Å². The highest BCUT2D eigenvalue weighted by Gasteiger charge is 2.41. The van der Waals surface area contributed by atoms with Crippen LogP contribution in [-0.4, -0.2) is 33.0 Å². The van der Waals surface area contributed by atoms with Gasteiger partial charge in [0.05, 0.1) is 12.2 Å². The average molecular weight is 376 g/mol. The van der Waals surface area contributed by atoms with Crippen LogP contribution in [-0.2, 0) is 17.9 Å². The minimum atomic E-state index is -0.220. The van der Waals surface area contributed by atoms with Crippen molar-refractivity contribution in [3.63, 3.8) is 0 Å². The molecule has 2 heterocycles. The van der Waals surface area contributed by atoms with Crippen molar-refractivity contribution in [1.82, 2.24) is 14.7 Å². The number of carbonyl (C=O) groups is 2. The van der Waals surface area contributed by atoms with Crippen LogP contribution in [0.5, 0.6) is 0 Å². The maximum atomic E-state index is 13.1. The van der Waals surface area contributed by atoms with Crippen LogP contribution in [0.15, 0.2) is 48.6 Å². The number of hydrogen-bond donors (Lipinski definition) is 1.